The lowest BCUT2D eigenvalue weighted by Crippen LogP contribution is -2.45. The van der Waals surface area contributed by atoms with E-state index in [1.807, 2.05) is 7.05 Å². The van der Waals surface area contributed by atoms with E-state index in [1.54, 1.807) is 7.11 Å². The fourth-order valence-corrected chi connectivity index (χ4v) is 3.58. The third-order valence-corrected chi connectivity index (χ3v) is 4.67. The molecule has 2 aliphatic heterocycles. The first kappa shape index (κ1) is 14.8. The van der Waals surface area contributed by atoms with Gasteiger partial charge in [-0.15, -0.1) is 0 Å². The number of likely N-dealkylation sites (N-methyl/N-ethyl adjacent to an activating group) is 1. The summed E-state index contributed by atoms with van der Waals surface area (Å²) in [6.45, 7) is 5.25. The molecule has 2 fully saturated rings. The molecule has 3 atom stereocenters. The molecule has 4 heteroatoms. The molecule has 3 rings (SSSR count). The summed E-state index contributed by atoms with van der Waals surface area (Å²) in [5.41, 5.74) is 2.52. The molecule has 2 saturated heterocycles. The van der Waals surface area contributed by atoms with Gasteiger partial charge < -0.3 is 14.8 Å². The van der Waals surface area contributed by atoms with Gasteiger partial charge >= 0.3 is 0 Å². The summed E-state index contributed by atoms with van der Waals surface area (Å²) in [6.07, 6.45) is 3.33. The van der Waals surface area contributed by atoms with Gasteiger partial charge in [-0.25, -0.2) is 0 Å². The van der Waals surface area contributed by atoms with Gasteiger partial charge in [-0.1, -0.05) is 17.7 Å². The first-order valence-electron chi connectivity index (χ1n) is 7.89. The van der Waals surface area contributed by atoms with Crippen LogP contribution in [0.25, 0.3) is 0 Å². The summed E-state index contributed by atoms with van der Waals surface area (Å²) in [5, 5.41) is 3.46. The largest absolute Gasteiger partial charge is 0.496 e. The summed E-state index contributed by atoms with van der Waals surface area (Å²) in [5.74, 6) is 0.969. The second kappa shape index (κ2) is 6.34. The Hall–Kier alpha value is -1.10. The van der Waals surface area contributed by atoms with E-state index in [-0.39, 0.29) is 6.04 Å². The molecule has 1 aromatic rings. The Bertz CT molecular complexity index is 480. The molecular weight excluding hydrogens is 264 g/mol. The number of likely N-dealkylation sites (tertiary alicyclic amines) is 1. The van der Waals surface area contributed by atoms with Crippen LogP contribution in [-0.2, 0) is 4.74 Å². The van der Waals surface area contributed by atoms with Crippen LogP contribution in [0.4, 0.5) is 0 Å². The van der Waals surface area contributed by atoms with Crippen LogP contribution in [0.5, 0.6) is 5.75 Å². The van der Waals surface area contributed by atoms with Crippen molar-refractivity contribution in [1.82, 2.24) is 10.2 Å². The van der Waals surface area contributed by atoms with Crippen LogP contribution in [0, 0.1) is 6.92 Å². The van der Waals surface area contributed by atoms with E-state index >= 15 is 0 Å². The van der Waals surface area contributed by atoms with Crippen molar-refractivity contribution in [1.29, 1.82) is 0 Å². The van der Waals surface area contributed by atoms with Gasteiger partial charge in [-0.3, -0.25) is 4.90 Å². The number of fused-ring (bicyclic) bond motifs is 2. The number of aryl methyl sites for hydroxylation is 1. The quantitative estimate of drug-likeness (QED) is 0.901. The van der Waals surface area contributed by atoms with Gasteiger partial charge in [0.2, 0.25) is 0 Å². The van der Waals surface area contributed by atoms with Crippen molar-refractivity contribution in [3.63, 3.8) is 0 Å². The molecule has 0 aliphatic carbocycles. The number of nitrogens with zero attached hydrogens (tertiary/aromatic N) is 1. The monoisotopic (exact) mass is 290 g/mol. The first-order chi connectivity index (χ1) is 10.2. The maximum Gasteiger partial charge on any atom is 0.123 e. The molecule has 2 heterocycles. The molecule has 4 nitrogen and oxygen atoms in total. The molecule has 21 heavy (non-hydrogen) atoms. The highest BCUT2D eigenvalue weighted by Gasteiger charge is 2.34. The predicted molar refractivity (Wildman–Crippen MR) is 83.9 cm³/mol. The van der Waals surface area contributed by atoms with E-state index in [2.05, 4.69) is 35.3 Å². The maximum atomic E-state index is 5.93. The molecule has 0 aromatic heterocycles. The second-order valence-corrected chi connectivity index (χ2v) is 6.26. The van der Waals surface area contributed by atoms with Crippen LogP contribution in [0.2, 0.25) is 0 Å². The highest BCUT2D eigenvalue weighted by Crippen LogP contribution is 2.30. The normalized spacial score (nSPS) is 26.8. The van der Waals surface area contributed by atoms with Gasteiger partial charge in [-0.2, -0.15) is 0 Å². The SMILES string of the molecule is CNC(CN1CC2CCC(C1)O2)c1cc(C)ccc1OC. The van der Waals surface area contributed by atoms with E-state index in [4.69, 9.17) is 9.47 Å². The van der Waals surface area contributed by atoms with Crippen LogP contribution in [0.15, 0.2) is 18.2 Å². The smallest absolute Gasteiger partial charge is 0.123 e. The summed E-state index contributed by atoms with van der Waals surface area (Å²) in [7, 11) is 3.78. The summed E-state index contributed by atoms with van der Waals surface area (Å²) in [6, 6.07) is 6.69. The topological polar surface area (TPSA) is 33.7 Å². The Kier molecular flexibility index (Phi) is 4.48. The van der Waals surface area contributed by atoms with Crippen LogP contribution in [0.1, 0.15) is 30.0 Å². The lowest BCUT2D eigenvalue weighted by atomic mass is 10.0. The van der Waals surface area contributed by atoms with E-state index in [0.717, 1.165) is 25.4 Å². The minimum atomic E-state index is 0.289. The lowest BCUT2D eigenvalue weighted by Gasteiger charge is -2.34. The zero-order chi connectivity index (χ0) is 14.8. The van der Waals surface area contributed by atoms with E-state index in [0.29, 0.717) is 12.2 Å². The van der Waals surface area contributed by atoms with Crippen molar-refractivity contribution in [2.24, 2.45) is 0 Å². The van der Waals surface area contributed by atoms with Gasteiger partial charge in [-0.05, 0) is 32.9 Å². The zero-order valence-corrected chi connectivity index (χ0v) is 13.3. The molecule has 0 radical (unpaired) electrons. The fraction of sp³-hybridized carbons (Fsp3) is 0.647. The average molecular weight is 290 g/mol. The third-order valence-electron chi connectivity index (χ3n) is 4.67. The Labute approximate surface area is 127 Å². The molecule has 1 aromatic carbocycles. The number of ether oxygens (including phenoxy) is 2. The number of hydrogen-bond acceptors (Lipinski definition) is 4. The van der Waals surface area contributed by atoms with E-state index in [9.17, 15) is 0 Å². The number of methoxy groups -OCH3 is 1. The van der Waals surface area contributed by atoms with E-state index < -0.39 is 0 Å². The van der Waals surface area contributed by atoms with Gasteiger partial charge in [0.25, 0.3) is 0 Å². The molecule has 2 bridgehead atoms. The summed E-state index contributed by atoms with van der Waals surface area (Å²) in [4.78, 5) is 2.54. The standard InChI is InChI=1S/C17H26N2O2/c1-12-4-7-17(20-3)15(8-12)16(18-2)11-19-9-13-5-6-14(10-19)21-13/h4,7-8,13-14,16,18H,5-6,9-11H2,1-3H3. The Morgan fingerprint density at radius 2 is 2.05 bits per heavy atom. The van der Waals surface area contributed by atoms with Crippen molar-refractivity contribution in [2.45, 2.75) is 38.0 Å². The van der Waals surface area contributed by atoms with Gasteiger partial charge in [0.15, 0.2) is 0 Å². The van der Waals surface area contributed by atoms with Crippen LogP contribution in [-0.4, -0.2) is 50.9 Å². The van der Waals surface area contributed by atoms with Crippen molar-refractivity contribution < 1.29 is 9.47 Å². The Balaban J connectivity index is 1.74. The molecule has 0 amide bonds. The van der Waals surface area contributed by atoms with Gasteiger partial charge in [0, 0.05) is 31.2 Å². The summed E-state index contributed by atoms with van der Waals surface area (Å²) < 4.78 is 11.5. The highest BCUT2D eigenvalue weighted by molar-refractivity contribution is 5.39. The molecule has 116 valence electrons. The third kappa shape index (κ3) is 3.23. The molecule has 1 N–H and O–H groups in total. The lowest BCUT2D eigenvalue weighted by molar-refractivity contribution is -0.0406. The number of nitrogens with one attached hydrogen (secondary N) is 1. The van der Waals surface area contributed by atoms with Gasteiger partial charge in [0.1, 0.15) is 5.75 Å². The number of morpholine rings is 1. The van der Waals surface area contributed by atoms with Crippen molar-refractivity contribution >= 4 is 0 Å². The Morgan fingerprint density at radius 1 is 1.33 bits per heavy atom. The van der Waals surface area contributed by atoms with Gasteiger partial charge in [0.05, 0.1) is 19.3 Å². The van der Waals surface area contributed by atoms with Crippen LogP contribution in [0.3, 0.4) is 0 Å². The van der Waals surface area contributed by atoms with E-state index in [1.165, 1.54) is 24.0 Å². The number of benzene rings is 1. The minimum absolute atomic E-state index is 0.289. The van der Waals surface area contributed by atoms with Crippen molar-refractivity contribution in [2.75, 3.05) is 33.8 Å². The molecule has 0 saturated carbocycles. The Morgan fingerprint density at radius 3 is 2.67 bits per heavy atom. The second-order valence-electron chi connectivity index (χ2n) is 6.26. The molecule has 0 spiro atoms. The highest BCUT2D eigenvalue weighted by atomic mass is 16.5. The predicted octanol–water partition coefficient (Wildman–Crippen LogP) is 2.13. The fourth-order valence-electron chi connectivity index (χ4n) is 3.58. The minimum Gasteiger partial charge on any atom is -0.496 e. The van der Waals surface area contributed by atoms with Crippen LogP contribution >= 0.6 is 0 Å². The van der Waals surface area contributed by atoms with Crippen molar-refractivity contribution in [3.8, 4) is 5.75 Å². The molecular formula is C17H26N2O2. The number of hydrogen-bond donors (Lipinski definition) is 1. The number of rotatable bonds is 5. The first-order valence-corrected chi connectivity index (χ1v) is 7.89. The van der Waals surface area contributed by atoms with Crippen LogP contribution < -0.4 is 10.1 Å². The summed E-state index contributed by atoms with van der Waals surface area (Å²) >= 11 is 0. The maximum absolute atomic E-state index is 5.93. The molecule has 3 unspecified atom stereocenters. The molecule has 2 aliphatic rings. The van der Waals surface area contributed by atoms with Crippen molar-refractivity contribution in [3.05, 3.63) is 29.3 Å². The zero-order valence-electron chi connectivity index (χ0n) is 13.3. The average Bonchev–Trinajstić information content (AvgIpc) is 2.83.